The molecule has 9 heteroatoms. The van der Waals surface area contributed by atoms with E-state index in [0.29, 0.717) is 28.8 Å². The first kappa shape index (κ1) is 20.4. The lowest BCUT2D eigenvalue weighted by atomic mass is 10.1. The fourth-order valence-electron chi connectivity index (χ4n) is 3.60. The number of halogens is 4. The molecule has 0 saturated carbocycles. The number of furan rings is 1. The summed E-state index contributed by atoms with van der Waals surface area (Å²) in [5, 5.41) is -0.0458. The number of alkyl halides is 3. The summed E-state index contributed by atoms with van der Waals surface area (Å²) in [6.45, 7) is 4.01. The Bertz CT molecular complexity index is 1190. The molecular weight excluding hydrogens is 417 g/mol. The average Bonchev–Trinajstić information content (AvgIpc) is 3.36. The summed E-state index contributed by atoms with van der Waals surface area (Å²) in [6, 6.07) is 6.82. The van der Waals surface area contributed by atoms with Crippen molar-refractivity contribution in [2.45, 2.75) is 38.9 Å². The largest absolute Gasteiger partial charge is 0.467 e. The Labute approximate surface area is 175 Å². The molecule has 4 aromatic rings. The minimum Gasteiger partial charge on any atom is -0.467 e. The molecule has 0 saturated heterocycles. The van der Waals surface area contributed by atoms with Crippen LogP contribution in [0.3, 0.4) is 0 Å². The third kappa shape index (κ3) is 3.45. The molecule has 0 aliphatic rings. The number of hydrogen-bond donors (Lipinski definition) is 0. The number of aromatic nitrogens is 4. The van der Waals surface area contributed by atoms with Crippen LogP contribution in [0.5, 0.6) is 0 Å². The lowest BCUT2D eigenvalue weighted by Gasteiger charge is -2.17. The van der Waals surface area contributed by atoms with Gasteiger partial charge >= 0.3 is 6.18 Å². The zero-order valence-electron chi connectivity index (χ0n) is 16.2. The highest BCUT2D eigenvalue weighted by Gasteiger charge is 2.31. The Morgan fingerprint density at radius 3 is 2.57 bits per heavy atom. The van der Waals surface area contributed by atoms with Gasteiger partial charge in [0.25, 0.3) is 0 Å². The van der Waals surface area contributed by atoms with Crippen molar-refractivity contribution in [3.05, 3.63) is 65.1 Å². The molecule has 0 spiro atoms. The molecule has 0 amide bonds. The van der Waals surface area contributed by atoms with Crippen LogP contribution in [0.2, 0.25) is 5.02 Å². The SMILES string of the molecule is CCc1nc2c(-c3ccc(C(F)(F)F)cc3Cl)ncnc2n1C(CC)c1ccco1. The van der Waals surface area contributed by atoms with E-state index in [1.807, 2.05) is 30.5 Å². The van der Waals surface area contributed by atoms with Crippen LogP contribution in [0.1, 0.15) is 43.5 Å². The van der Waals surface area contributed by atoms with Crippen molar-refractivity contribution in [3.8, 4) is 11.3 Å². The van der Waals surface area contributed by atoms with E-state index in [0.717, 1.165) is 30.1 Å². The van der Waals surface area contributed by atoms with Crippen molar-refractivity contribution in [3.63, 3.8) is 0 Å². The van der Waals surface area contributed by atoms with E-state index in [9.17, 15) is 13.2 Å². The van der Waals surface area contributed by atoms with Crippen LogP contribution in [0, 0.1) is 0 Å². The first-order valence-electron chi connectivity index (χ1n) is 9.47. The van der Waals surface area contributed by atoms with Gasteiger partial charge in [0.15, 0.2) is 5.65 Å². The van der Waals surface area contributed by atoms with Crippen LogP contribution in [-0.2, 0) is 12.6 Å². The molecular formula is C21H18ClF3N4O. The molecule has 3 aromatic heterocycles. The standard InChI is InChI=1S/C21H18ClF3N4O/c1-3-15(16-6-5-9-30-16)29-17(4-2)28-19-18(26-11-27-20(19)29)13-8-7-12(10-14(13)22)21(23,24)25/h5-11,15H,3-4H2,1-2H3. The topological polar surface area (TPSA) is 56.7 Å². The van der Waals surface area contributed by atoms with Crippen LogP contribution in [0.4, 0.5) is 13.2 Å². The second-order valence-corrected chi connectivity index (χ2v) is 7.19. The molecule has 0 aliphatic carbocycles. The lowest BCUT2D eigenvalue weighted by Crippen LogP contribution is -2.12. The highest BCUT2D eigenvalue weighted by molar-refractivity contribution is 6.33. The zero-order valence-corrected chi connectivity index (χ0v) is 17.0. The maximum absolute atomic E-state index is 13.0. The number of imidazole rings is 1. The van der Waals surface area contributed by atoms with Crippen LogP contribution >= 0.6 is 11.6 Å². The van der Waals surface area contributed by atoms with Gasteiger partial charge in [0.05, 0.1) is 22.9 Å². The van der Waals surface area contributed by atoms with Crippen molar-refractivity contribution in [1.82, 2.24) is 19.5 Å². The molecule has 0 N–H and O–H groups in total. The van der Waals surface area contributed by atoms with Gasteiger partial charge in [-0.3, -0.25) is 0 Å². The van der Waals surface area contributed by atoms with Gasteiger partial charge in [0.1, 0.15) is 29.1 Å². The fraction of sp³-hybridized carbons (Fsp3) is 0.286. The number of fused-ring (bicyclic) bond motifs is 1. The van der Waals surface area contributed by atoms with Crippen LogP contribution in [0.15, 0.2) is 47.3 Å². The molecule has 4 rings (SSSR count). The molecule has 30 heavy (non-hydrogen) atoms. The number of hydrogen-bond acceptors (Lipinski definition) is 4. The Morgan fingerprint density at radius 1 is 1.17 bits per heavy atom. The number of nitrogens with zero attached hydrogens (tertiary/aromatic N) is 4. The second kappa shape index (κ2) is 7.75. The Kier molecular flexibility index (Phi) is 5.27. The van der Waals surface area contributed by atoms with Gasteiger partial charge in [-0.05, 0) is 30.7 Å². The molecule has 3 heterocycles. The van der Waals surface area contributed by atoms with Crippen LogP contribution in [0.25, 0.3) is 22.4 Å². The van der Waals surface area contributed by atoms with Gasteiger partial charge in [-0.1, -0.05) is 31.5 Å². The Hall–Kier alpha value is -2.87. The second-order valence-electron chi connectivity index (χ2n) is 6.78. The quantitative estimate of drug-likeness (QED) is 0.369. The van der Waals surface area contributed by atoms with E-state index < -0.39 is 11.7 Å². The summed E-state index contributed by atoms with van der Waals surface area (Å²) in [5.74, 6) is 1.55. The normalized spacial score (nSPS) is 13.1. The van der Waals surface area contributed by atoms with Crippen LogP contribution in [-0.4, -0.2) is 19.5 Å². The van der Waals surface area contributed by atoms with Gasteiger partial charge in [-0.25, -0.2) is 15.0 Å². The van der Waals surface area contributed by atoms with E-state index in [1.54, 1.807) is 6.26 Å². The van der Waals surface area contributed by atoms with Gasteiger partial charge < -0.3 is 8.98 Å². The molecule has 0 bridgehead atoms. The summed E-state index contributed by atoms with van der Waals surface area (Å²) >= 11 is 6.21. The summed E-state index contributed by atoms with van der Waals surface area (Å²) in [4.78, 5) is 13.4. The molecule has 156 valence electrons. The van der Waals surface area contributed by atoms with Crippen molar-refractivity contribution >= 4 is 22.8 Å². The Morgan fingerprint density at radius 2 is 1.97 bits per heavy atom. The number of aryl methyl sites for hydroxylation is 1. The molecule has 0 aliphatic heterocycles. The minimum atomic E-state index is -4.47. The summed E-state index contributed by atoms with van der Waals surface area (Å²) < 4.78 is 46.6. The molecule has 5 nitrogen and oxygen atoms in total. The highest BCUT2D eigenvalue weighted by atomic mass is 35.5. The molecule has 1 aromatic carbocycles. The zero-order chi connectivity index (χ0) is 21.5. The summed E-state index contributed by atoms with van der Waals surface area (Å²) in [6.07, 6.45) is -0.110. The minimum absolute atomic E-state index is 0.0458. The smallest absolute Gasteiger partial charge is 0.416 e. The van der Waals surface area contributed by atoms with Gasteiger partial charge in [-0.2, -0.15) is 13.2 Å². The van der Waals surface area contributed by atoms with Crippen LogP contribution < -0.4 is 0 Å². The first-order valence-corrected chi connectivity index (χ1v) is 9.85. The maximum atomic E-state index is 13.0. The average molecular weight is 435 g/mol. The predicted molar refractivity (Wildman–Crippen MR) is 107 cm³/mol. The van der Waals surface area contributed by atoms with E-state index in [2.05, 4.69) is 9.97 Å². The first-order chi connectivity index (χ1) is 14.3. The van der Waals surface area contributed by atoms with Gasteiger partial charge in [0, 0.05) is 12.0 Å². The summed E-state index contributed by atoms with van der Waals surface area (Å²) in [7, 11) is 0. The molecule has 1 unspecified atom stereocenters. The fourth-order valence-corrected chi connectivity index (χ4v) is 3.87. The van der Waals surface area contributed by atoms with Crippen molar-refractivity contribution in [1.29, 1.82) is 0 Å². The van der Waals surface area contributed by atoms with Gasteiger partial charge in [0.2, 0.25) is 0 Å². The van der Waals surface area contributed by atoms with E-state index in [4.69, 9.17) is 21.0 Å². The van der Waals surface area contributed by atoms with E-state index in [1.165, 1.54) is 12.4 Å². The van der Waals surface area contributed by atoms with Crippen molar-refractivity contribution < 1.29 is 17.6 Å². The Balaban J connectivity index is 1.91. The number of benzene rings is 1. The maximum Gasteiger partial charge on any atom is 0.416 e. The van der Waals surface area contributed by atoms with Crippen molar-refractivity contribution in [2.75, 3.05) is 0 Å². The van der Waals surface area contributed by atoms with E-state index in [-0.39, 0.29) is 11.1 Å². The van der Waals surface area contributed by atoms with Gasteiger partial charge in [-0.15, -0.1) is 0 Å². The molecule has 0 radical (unpaired) electrons. The highest BCUT2D eigenvalue weighted by Crippen LogP contribution is 2.37. The molecule has 0 fully saturated rings. The third-order valence-electron chi connectivity index (χ3n) is 4.99. The lowest BCUT2D eigenvalue weighted by molar-refractivity contribution is -0.137. The molecule has 1 atom stereocenters. The predicted octanol–water partition coefficient (Wildman–Crippen LogP) is 6.32. The third-order valence-corrected chi connectivity index (χ3v) is 5.30. The van der Waals surface area contributed by atoms with Crippen molar-refractivity contribution in [2.24, 2.45) is 0 Å². The number of rotatable bonds is 5. The van der Waals surface area contributed by atoms with E-state index >= 15 is 0 Å². The summed E-state index contributed by atoms with van der Waals surface area (Å²) in [5.41, 5.74) is 1.01. The monoisotopic (exact) mass is 434 g/mol.